The quantitative estimate of drug-likeness (QED) is 0.808. The number of pyridine rings is 1. The van der Waals surface area contributed by atoms with Crippen molar-refractivity contribution in [3.8, 4) is 5.88 Å². The molecule has 6 heteroatoms. The molecule has 2 aromatic rings. The van der Waals surface area contributed by atoms with Crippen LogP contribution in [-0.2, 0) is 4.74 Å². The van der Waals surface area contributed by atoms with E-state index in [-0.39, 0.29) is 6.10 Å². The topological polar surface area (TPSA) is 49.2 Å². The average molecular weight is 322 g/mol. The molecule has 4 rings (SSSR count). The van der Waals surface area contributed by atoms with Crippen LogP contribution in [0.25, 0.3) is 10.9 Å². The third kappa shape index (κ3) is 2.68. The molecule has 118 valence electrons. The van der Waals surface area contributed by atoms with Gasteiger partial charge in [0.25, 0.3) is 0 Å². The lowest BCUT2D eigenvalue weighted by Crippen LogP contribution is -2.20. The van der Waals surface area contributed by atoms with Crippen LogP contribution < -0.4 is 4.74 Å². The minimum absolute atomic E-state index is 0.264. The Morgan fingerprint density at radius 1 is 1.18 bits per heavy atom. The molecule has 5 nitrogen and oxygen atoms in total. The second-order valence-electron chi connectivity index (χ2n) is 6.14. The van der Waals surface area contributed by atoms with Crippen LogP contribution in [0.2, 0.25) is 5.15 Å². The molecule has 2 aromatic heterocycles. The summed E-state index contributed by atoms with van der Waals surface area (Å²) >= 11 is 6.22. The third-order valence-electron chi connectivity index (χ3n) is 4.65. The normalized spacial score (nSPS) is 20.8. The van der Waals surface area contributed by atoms with Crippen molar-refractivity contribution in [2.24, 2.45) is 0 Å². The molecule has 1 aliphatic heterocycles. The van der Waals surface area contributed by atoms with Crippen molar-refractivity contribution in [2.75, 3.05) is 13.2 Å². The number of ether oxygens (including phenoxy) is 2. The zero-order chi connectivity index (χ0) is 14.9. The average Bonchev–Trinajstić information content (AvgIpc) is 3.17. The molecule has 0 N–H and O–H groups in total. The molecule has 0 atom stereocenters. The largest absolute Gasteiger partial charge is 0.474 e. The van der Waals surface area contributed by atoms with E-state index in [1.807, 2.05) is 12.3 Å². The molecule has 0 radical (unpaired) electrons. The number of hydrogen-bond acceptors (Lipinski definition) is 4. The van der Waals surface area contributed by atoms with E-state index in [9.17, 15) is 0 Å². The fourth-order valence-corrected chi connectivity index (χ4v) is 3.64. The Morgan fingerprint density at radius 3 is 2.73 bits per heavy atom. The number of nitrogens with zero attached hydrogens (tertiary/aromatic N) is 3. The maximum absolute atomic E-state index is 6.22. The second kappa shape index (κ2) is 6.05. The lowest BCUT2D eigenvalue weighted by molar-refractivity contribution is 0.0675. The predicted octanol–water partition coefficient (Wildman–Crippen LogP) is 3.76. The van der Waals surface area contributed by atoms with E-state index in [1.165, 1.54) is 12.8 Å². The van der Waals surface area contributed by atoms with Crippen LogP contribution in [0.4, 0.5) is 0 Å². The van der Waals surface area contributed by atoms with Gasteiger partial charge in [0, 0.05) is 19.3 Å². The van der Waals surface area contributed by atoms with Gasteiger partial charge < -0.3 is 9.47 Å². The van der Waals surface area contributed by atoms with Gasteiger partial charge in [-0.25, -0.2) is 4.98 Å². The fraction of sp³-hybridized carbons (Fsp3) is 0.625. The smallest absolute Gasteiger partial charge is 0.226 e. The van der Waals surface area contributed by atoms with Crippen molar-refractivity contribution < 1.29 is 9.47 Å². The van der Waals surface area contributed by atoms with Gasteiger partial charge in [-0.3, -0.25) is 4.68 Å². The summed E-state index contributed by atoms with van der Waals surface area (Å²) in [5.41, 5.74) is 1.01. The summed E-state index contributed by atoms with van der Waals surface area (Å²) in [5.74, 6) is 0.632. The molecular weight excluding hydrogens is 302 g/mol. The van der Waals surface area contributed by atoms with E-state index >= 15 is 0 Å². The maximum atomic E-state index is 6.22. The first-order chi connectivity index (χ1) is 10.8. The van der Waals surface area contributed by atoms with Crippen molar-refractivity contribution in [3.05, 3.63) is 17.4 Å². The van der Waals surface area contributed by atoms with E-state index in [0.717, 1.165) is 49.8 Å². The van der Waals surface area contributed by atoms with Gasteiger partial charge in [0.2, 0.25) is 5.88 Å². The summed E-state index contributed by atoms with van der Waals surface area (Å²) in [5, 5.41) is 6.01. The van der Waals surface area contributed by atoms with E-state index in [4.69, 9.17) is 21.1 Å². The summed E-state index contributed by atoms with van der Waals surface area (Å²) in [6.45, 7) is 1.58. The maximum Gasteiger partial charge on any atom is 0.226 e. The minimum Gasteiger partial charge on any atom is -0.474 e. The molecule has 2 aliphatic rings. The van der Waals surface area contributed by atoms with Gasteiger partial charge in [-0.15, -0.1) is 0 Å². The highest BCUT2D eigenvalue weighted by atomic mass is 35.5. The lowest BCUT2D eigenvalue weighted by Gasteiger charge is -2.23. The predicted molar refractivity (Wildman–Crippen MR) is 84.5 cm³/mol. The first kappa shape index (κ1) is 14.3. The monoisotopic (exact) mass is 321 g/mol. The molecule has 1 saturated heterocycles. The highest BCUT2D eigenvalue weighted by Gasteiger charge is 2.23. The lowest BCUT2D eigenvalue weighted by atomic mass is 10.1. The molecule has 3 heterocycles. The van der Waals surface area contributed by atoms with Crippen LogP contribution >= 0.6 is 11.6 Å². The molecule has 1 aliphatic carbocycles. The van der Waals surface area contributed by atoms with E-state index in [0.29, 0.717) is 17.1 Å². The zero-order valence-corrected chi connectivity index (χ0v) is 13.3. The summed E-state index contributed by atoms with van der Waals surface area (Å²) in [4.78, 5) is 4.39. The Hall–Kier alpha value is -1.33. The molecule has 22 heavy (non-hydrogen) atoms. The molecular formula is C16H20ClN3O2. The highest BCUT2D eigenvalue weighted by Crippen LogP contribution is 2.33. The van der Waals surface area contributed by atoms with E-state index in [2.05, 4.69) is 14.8 Å². The second-order valence-corrected chi connectivity index (χ2v) is 6.53. The van der Waals surface area contributed by atoms with Crippen LogP contribution in [0.3, 0.4) is 0 Å². The number of fused-ring (bicyclic) bond motifs is 1. The van der Waals surface area contributed by atoms with E-state index < -0.39 is 0 Å². The van der Waals surface area contributed by atoms with Crippen molar-refractivity contribution in [3.63, 3.8) is 0 Å². The van der Waals surface area contributed by atoms with Crippen LogP contribution in [0.5, 0.6) is 5.88 Å². The van der Waals surface area contributed by atoms with Crippen molar-refractivity contribution in [1.82, 2.24) is 14.8 Å². The van der Waals surface area contributed by atoms with Gasteiger partial charge in [-0.2, -0.15) is 5.10 Å². The van der Waals surface area contributed by atoms with Gasteiger partial charge >= 0.3 is 0 Å². The molecule has 2 fully saturated rings. The van der Waals surface area contributed by atoms with Crippen LogP contribution in [0.15, 0.2) is 12.3 Å². The fourth-order valence-electron chi connectivity index (χ4n) is 3.46. The Balaban J connectivity index is 1.70. The zero-order valence-electron chi connectivity index (χ0n) is 12.5. The highest BCUT2D eigenvalue weighted by molar-refractivity contribution is 6.30. The molecule has 0 bridgehead atoms. The summed E-state index contributed by atoms with van der Waals surface area (Å²) in [6.07, 6.45) is 8.75. The Kier molecular flexibility index (Phi) is 3.92. The van der Waals surface area contributed by atoms with Gasteiger partial charge in [0.1, 0.15) is 11.3 Å². The standard InChI is InChI=1S/C16H20ClN3O2/c17-15-9-14-13(16(19-15)22-12-3-1-2-4-12)10-18-20(14)11-5-7-21-8-6-11/h9-12H,1-8H2. The number of rotatable bonds is 3. The van der Waals surface area contributed by atoms with Gasteiger partial charge in [-0.1, -0.05) is 11.6 Å². The molecule has 0 aromatic carbocycles. The summed E-state index contributed by atoms with van der Waals surface area (Å²) < 4.78 is 13.6. The number of hydrogen-bond donors (Lipinski definition) is 0. The van der Waals surface area contributed by atoms with Crippen LogP contribution in [0.1, 0.15) is 44.6 Å². The SMILES string of the molecule is Clc1cc2c(cnn2C2CCOCC2)c(OC2CCCC2)n1. The van der Waals surface area contributed by atoms with Crippen LogP contribution in [-0.4, -0.2) is 34.1 Å². The molecule has 0 spiro atoms. The van der Waals surface area contributed by atoms with E-state index in [1.54, 1.807) is 0 Å². The Morgan fingerprint density at radius 2 is 1.95 bits per heavy atom. The van der Waals surface area contributed by atoms with Crippen molar-refractivity contribution in [1.29, 1.82) is 0 Å². The Bertz CT molecular complexity index is 661. The number of halogens is 1. The number of aromatic nitrogens is 3. The van der Waals surface area contributed by atoms with Crippen molar-refractivity contribution in [2.45, 2.75) is 50.7 Å². The first-order valence-electron chi connectivity index (χ1n) is 8.09. The van der Waals surface area contributed by atoms with Gasteiger partial charge in [0.05, 0.1) is 23.1 Å². The third-order valence-corrected chi connectivity index (χ3v) is 4.84. The molecule has 0 amide bonds. The first-order valence-corrected chi connectivity index (χ1v) is 8.47. The van der Waals surface area contributed by atoms with Gasteiger partial charge in [-0.05, 0) is 38.5 Å². The minimum atomic E-state index is 0.264. The Labute approximate surface area is 134 Å². The molecule has 0 unspecified atom stereocenters. The van der Waals surface area contributed by atoms with Crippen LogP contribution in [0, 0.1) is 0 Å². The summed E-state index contributed by atoms with van der Waals surface area (Å²) in [7, 11) is 0. The summed E-state index contributed by atoms with van der Waals surface area (Å²) in [6, 6.07) is 2.25. The van der Waals surface area contributed by atoms with Crippen molar-refractivity contribution >= 4 is 22.5 Å². The molecule has 1 saturated carbocycles. The van der Waals surface area contributed by atoms with Gasteiger partial charge in [0.15, 0.2) is 0 Å².